The number of rotatable bonds is 1. The molecule has 1 rings (SSSR count). The van der Waals surface area contributed by atoms with Crippen molar-refractivity contribution in [3.63, 3.8) is 0 Å². The lowest BCUT2D eigenvalue weighted by Crippen LogP contribution is -2.09. The van der Waals surface area contributed by atoms with Crippen molar-refractivity contribution in [2.75, 3.05) is 5.32 Å². The summed E-state index contributed by atoms with van der Waals surface area (Å²) in [5.41, 5.74) is 0. The quantitative estimate of drug-likeness (QED) is 0.649. The molecule has 0 radical (unpaired) electrons. The second-order valence-corrected chi connectivity index (χ2v) is 2.21. The summed E-state index contributed by atoms with van der Waals surface area (Å²) in [7, 11) is 0. The van der Waals surface area contributed by atoms with Crippen molar-refractivity contribution in [2.24, 2.45) is 0 Å². The molecule has 0 atom stereocenters. The van der Waals surface area contributed by atoms with E-state index < -0.39 is 5.91 Å². The maximum atomic E-state index is 10.6. The number of hydrogen-bond donors (Lipinski definition) is 1. The number of terminal acetylenes is 1. The molecule has 0 aliphatic heterocycles. The Labute approximate surface area is 74.0 Å². The van der Waals surface area contributed by atoms with Crippen LogP contribution in [-0.2, 0) is 4.79 Å². The lowest BCUT2D eigenvalue weighted by Gasteiger charge is -1.97. The molecule has 0 fully saturated rings. The van der Waals surface area contributed by atoms with Crippen LogP contribution in [0.4, 0.5) is 5.82 Å². The van der Waals surface area contributed by atoms with Gasteiger partial charge in [-0.1, -0.05) is 11.6 Å². The van der Waals surface area contributed by atoms with Gasteiger partial charge in [-0.3, -0.25) is 15.1 Å². The second kappa shape index (κ2) is 3.69. The average Bonchev–Trinajstić information content (AvgIpc) is 2.04. The van der Waals surface area contributed by atoms with E-state index in [1.165, 1.54) is 12.4 Å². The third-order valence-electron chi connectivity index (χ3n) is 0.978. The van der Waals surface area contributed by atoms with Crippen molar-refractivity contribution >= 4 is 23.3 Å². The van der Waals surface area contributed by atoms with Crippen LogP contribution in [0.3, 0.4) is 0 Å². The largest absolute Gasteiger partial charge is 0.301 e. The van der Waals surface area contributed by atoms with Crippen LogP contribution in [0, 0.1) is 12.3 Å². The maximum Gasteiger partial charge on any atom is 0.301 e. The Morgan fingerprint density at radius 3 is 3.00 bits per heavy atom. The summed E-state index contributed by atoms with van der Waals surface area (Å²) in [5, 5.41) is 2.50. The van der Waals surface area contributed by atoms with Gasteiger partial charge in [0.15, 0.2) is 5.82 Å². The first kappa shape index (κ1) is 8.50. The van der Waals surface area contributed by atoms with Gasteiger partial charge < -0.3 is 0 Å². The molecule has 1 amide bonds. The number of hydrogen-bond acceptors (Lipinski definition) is 3. The maximum absolute atomic E-state index is 10.6. The Bertz CT molecular complexity index is 345. The number of nitrogens with zero attached hydrogens (tertiary/aromatic N) is 2. The monoisotopic (exact) mass is 181 g/mol. The molecular formula is C7H4ClN3O. The Balaban J connectivity index is 2.78. The highest BCUT2D eigenvalue weighted by molar-refractivity contribution is 6.29. The molecule has 1 N–H and O–H groups in total. The summed E-state index contributed by atoms with van der Waals surface area (Å²) in [6, 6.07) is 0. The minimum Gasteiger partial charge on any atom is -0.298 e. The van der Waals surface area contributed by atoms with E-state index in [0.717, 1.165) is 0 Å². The number of anilines is 1. The van der Waals surface area contributed by atoms with E-state index in [4.69, 9.17) is 18.0 Å². The number of aromatic nitrogens is 2. The number of carbonyl (C=O) groups excluding carboxylic acids is 1. The molecule has 1 aromatic rings. The van der Waals surface area contributed by atoms with Crippen LogP contribution < -0.4 is 5.32 Å². The molecule has 0 aliphatic rings. The highest BCUT2D eigenvalue weighted by Gasteiger charge is 1.99. The van der Waals surface area contributed by atoms with Crippen LogP contribution in [-0.4, -0.2) is 15.9 Å². The summed E-state index contributed by atoms with van der Waals surface area (Å²) in [5.74, 6) is 1.54. The van der Waals surface area contributed by atoms with Crippen molar-refractivity contribution in [3.05, 3.63) is 17.5 Å². The van der Waals surface area contributed by atoms with Crippen molar-refractivity contribution in [3.8, 4) is 12.3 Å². The van der Waals surface area contributed by atoms with Crippen LogP contribution in [0.5, 0.6) is 0 Å². The zero-order chi connectivity index (χ0) is 8.97. The van der Waals surface area contributed by atoms with E-state index in [1.807, 2.05) is 5.92 Å². The molecule has 60 valence electrons. The first-order valence-electron chi connectivity index (χ1n) is 2.97. The van der Waals surface area contributed by atoms with E-state index in [2.05, 4.69) is 15.3 Å². The Kier molecular flexibility index (Phi) is 2.62. The third-order valence-corrected chi connectivity index (χ3v) is 1.16. The van der Waals surface area contributed by atoms with Gasteiger partial charge in [-0.15, -0.1) is 6.42 Å². The lowest BCUT2D eigenvalue weighted by molar-refractivity contribution is -0.111. The molecule has 0 saturated heterocycles. The van der Waals surface area contributed by atoms with Gasteiger partial charge in [0.25, 0.3) is 0 Å². The fourth-order valence-electron chi connectivity index (χ4n) is 0.555. The first-order chi connectivity index (χ1) is 5.72. The molecule has 1 aromatic heterocycles. The molecule has 0 spiro atoms. The molecular weight excluding hydrogens is 178 g/mol. The number of carbonyl (C=O) groups is 1. The van der Waals surface area contributed by atoms with Gasteiger partial charge in [0.05, 0.1) is 12.4 Å². The summed E-state index contributed by atoms with van der Waals surface area (Å²) >= 11 is 5.49. The van der Waals surface area contributed by atoms with Crippen LogP contribution in [0.1, 0.15) is 0 Å². The molecule has 0 aliphatic carbocycles. The molecule has 0 bridgehead atoms. The second-order valence-electron chi connectivity index (χ2n) is 1.83. The van der Waals surface area contributed by atoms with Gasteiger partial charge in [-0.25, -0.2) is 4.98 Å². The van der Waals surface area contributed by atoms with Gasteiger partial charge in [0.2, 0.25) is 0 Å². The summed E-state index contributed by atoms with van der Waals surface area (Å²) < 4.78 is 0. The smallest absolute Gasteiger partial charge is 0.298 e. The van der Waals surface area contributed by atoms with Gasteiger partial charge in [0.1, 0.15) is 5.15 Å². The molecule has 0 aromatic carbocycles. The fourth-order valence-corrected chi connectivity index (χ4v) is 0.702. The SMILES string of the molecule is C#CC(=O)Nc1cncc(Cl)n1. The topological polar surface area (TPSA) is 54.9 Å². The molecule has 0 saturated carbocycles. The van der Waals surface area contributed by atoms with E-state index in [0.29, 0.717) is 0 Å². The molecule has 5 heteroatoms. The first-order valence-corrected chi connectivity index (χ1v) is 3.35. The van der Waals surface area contributed by atoms with Gasteiger partial charge in [-0.05, 0) is 5.92 Å². The normalized spacial score (nSPS) is 8.67. The van der Waals surface area contributed by atoms with Crippen molar-refractivity contribution < 1.29 is 4.79 Å². The summed E-state index contributed by atoms with van der Waals surface area (Å²) in [6.07, 6.45) is 7.52. The van der Waals surface area contributed by atoms with E-state index in [1.54, 1.807) is 0 Å². The number of amides is 1. The molecule has 0 unspecified atom stereocenters. The minimum atomic E-state index is -0.577. The highest BCUT2D eigenvalue weighted by atomic mass is 35.5. The van der Waals surface area contributed by atoms with Crippen molar-refractivity contribution in [1.29, 1.82) is 0 Å². The standard InChI is InChI=1S/C7H4ClN3O/c1-2-7(12)11-6-4-9-3-5(8)10-6/h1,3-4H,(H,10,11,12). The van der Waals surface area contributed by atoms with Crippen LogP contribution >= 0.6 is 11.6 Å². The van der Waals surface area contributed by atoms with Crippen LogP contribution in [0.2, 0.25) is 5.15 Å². The molecule has 12 heavy (non-hydrogen) atoms. The van der Waals surface area contributed by atoms with E-state index in [-0.39, 0.29) is 11.0 Å². The van der Waals surface area contributed by atoms with Gasteiger partial charge in [0, 0.05) is 0 Å². The average molecular weight is 182 g/mol. The predicted octanol–water partition coefficient (Wildman–Crippen LogP) is 0.702. The zero-order valence-electron chi connectivity index (χ0n) is 5.91. The summed E-state index contributed by atoms with van der Waals surface area (Å²) in [6.45, 7) is 0. The highest BCUT2D eigenvalue weighted by Crippen LogP contribution is 2.05. The zero-order valence-corrected chi connectivity index (χ0v) is 6.67. The molecule has 4 nitrogen and oxygen atoms in total. The predicted molar refractivity (Wildman–Crippen MR) is 44.5 cm³/mol. The van der Waals surface area contributed by atoms with E-state index in [9.17, 15) is 4.79 Å². The third kappa shape index (κ3) is 2.22. The molecule has 1 heterocycles. The summed E-state index contributed by atoms with van der Waals surface area (Å²) in [4.78, 5) is 18.1. The van der Waals surface area contributed by atoms with Crippen molar-refractivity contribution in [1.82, 2.24) is 9.97 Å². The Morgan fingerprint density at radius 2 is 2.42 bits per heavy atom. The fraction of sp³-hybridized carbons (Fsp3) is 0. The van der Waals surface area contributed by atoms with Crippen LogP contribution in [0.25, 0.3) is 0 Å². The minimum absolute atomic E-state index is 0.199. The lowest BCUT2D eigenvalue weighted by atomic mass is 10.6. The van der Waals surface area contributed by atoms with Crippen LogP contribution in [0.15, 0.2) is 12.4 Å². The van der Waals surface area contributed by atoms with E-state index >= 15 is 0 Å². The van der Waals surface area contributed by atoms with Gasteiger partial charge in [-0.2, -0.15) is 0 Å². The van der Waals surface area contributed by atoms with Crippen molar-refractivity contribution in [2.45, 2.75) is 0 Å². The Morgan fingerprint density at radius 1 is 1.67 bits per heavy atom. The van der Waals surface area contributed by atoms with Gasteiger partial charge >= 0.3 is 5.91 Å². The number of nitrogens with one attached hydrogen (secondary N) is 1. The Hall–Kier alpha value is -1.60. The number of halogens is 1.